The monoisotopic (exact) mass is 288 g/mol. The van der Waals surface area contributed by atoms with Crippen LogP contribution in [-0.4, -0.2) is 53.5 Å². The van der Waals surface area contributed by atoms with Gasteiger partial charge in [-0.2, -0.15) is 0 Å². The van der Waals surface area contributed by atoms with Crippen molar-refractivity contribution in [2.24, 2.45) is 0 Å². The van der Waals surface area contributed by atoms with E-state index in [2.05, 4.69) is 10.6 Å². The SMILES string of the molecule is COC1CCC(NC(=O)N[C@@H](CCC(=O)O)C(=O)O)C1. The van der Waals surface area contributed by atoms with Crippen LogP contribution in [0.5, 0.6) is 0 Å². The van der Waals surface area contributed by atoms with Crippen molar-refractivity contribution in [2.75, 3.05) is 7.11 Å². The standard InChI is InChI=1S/C12H20N2O6/c1-20-8-3-2-7(6-8)13-12(19)14-9(11(17)18)4-5-10(15)16/h7-9H,2-6H2,1H3,(H,15,16)(H,17,18)(H2,13,14,19)/t7?,8?,9-/m0/s1. The summed E-state index contributed by atoms with van der Waals surface area (Å²) in [6.45, 7) is 0. The van der Waals surface area contributed by atoms with Crippen LogP contribution in [0.4, 0.5) is 4.79 Å². The Morgan fingerprint density at radius 3 is 2.50 bits per heavy atom. The molecule has 0 aromatic carbocycles. The first-order chi connectivity index (χ1) is 9.42. The highest BCUT2D eigenvalue weighted by Gasteiger charge is 2.27. The second-order valence-corrected chi connectivity index (χ2v) is 4.81. The molecule has 0 aliphatic heterocycles. The highest BCUT2D eigenvalue weighted by molar-refractivity contribution is 5.83. The number of rotatable bonds is 7. The number of carbonyl (C=O) groups excluding carboxylic acids is 1. The lowest BCUT2D eigenvalue weighted by Gasteiger charge is -2.17. The molecule has 2 amide bonds. The number of carboxylic acids is 2. The molecule has 1 fully saturated rings. The Bertz CT molecular complexity index is 373. The Labute approximate surface area is 116 Å². The Balaban J connectivity index is 2.38. The molecule has 0 heterocycles. The predicted molar refractivity (Wildman–Crippen MR) is 68.4 cm³/mol. The van der Waals surface area contributed by atoms with E-state index in [4.69, 9.17) is 14.9 Å². The van der Waals surface area contributed by atoms with Crippen LogP contribution in [0.25, 0.3) is 0 Å². The number of carbonyl (C=O) groups is 3. The molecule has 8 nitrogen and oxygen atoms in total. The molecule has 1 rings (SSSR count). The smallest absolute Gasteiger partial charge is 0.326 e. The first-order valence-electron chi connectivity index (χ1n) is 6.46. The Kier molecular flexibility index (Phi) is 6.23. The van der Waals surface area contributed by atoms with E-state index in [1.807, 2.05) is 0 Å². The van der Waals surface area contributed by atoms with Crippen molar-refractivity contribution < 1.29 is 29.3 Å². The zero-order valence-corrected chi connectivity index (χ0v) is 11.3. The topological polar surface area (TPSA) is 125 Å². The van der Waals surface area contributed by atoms with E-state index >= 15 is 0 Å². The van der Waals surface area contributed by atoms with Gasteiger partial charge in [0.2, 0.25) is 0 Å². The van der Waals surface area contributed by atoms with Gasteiger partial charge in [0.05, 0.1) is 6.10 Å². The third-order valence-electron chi connectivity index (χ3n) is 3.30. The van der Waals surface area contributed by atoms with Crippen LogP contribution in [0, 0.1) is 0 Å². The van der Waals surface area contributed by atoms with Gasteiger partial charge in [-0.3, -0.25) is 4.79 Å². The van der Waals surface area contributed by atoms with Gasteiger partial charge in [-0.1, -0.05) is 0 Å². The second kappa shape index (κ2) is 7.68. The summed E-state index contributed by atoms with van der Waals surface area (Å²) < 4.78 is 5.18. The van der Waals surface area contributed by atoms with Gasteiger partial charge in [-0.15, -0.1) is 0 Å². The van der Waals surface area contributed by atoms with Gasteiger partial charge in [-0.05, 0) is 25.7 Å². The lowest BCUT2D eigenvalue weighted by molar-refractivity contribution is -0.140. The minimum Gasteiger partial charge on any atom is -0.481 e. The number of ether oxygens (including phenoxy) is 1. The van der Waals surface area contributed by atoms with Gasteiger partial charge in [0.15, 0.2) is 0 Å². The van der Waals surface area contributed by atoms with Gasteiger partial charge in [-0.25, -0.2) is 9.59 Å². The maximum Gasteiger partial charge on any atom is 0.326 e. The van der Waals surface area contributed by atoms with Crippen LogP contribution in [0.1, 0.15) is 32.1 Å². The Morgan fingerprint density at radius 2 is 2.00 bits per heavy atom. The van der Waals surface area contributed by atoms with E-state index in [0.717, 1.165) is 12.8 Å². The lowest BCUT2D eigenvalue weighted by atomic mass is 10.1. The molecule has 4 N–H and O–H groups in total. The van der Waals surface area contributed by atoms with Gasteiger partial charge < -0.3 is 25.6 Å². The summed E-state index contributed by atoms with van der Waals surface area (Å²) >= 11 is 0. The summed E-state index contributed by atoms with van der Waals surface area (Å²) in [7, 11) is 1.61. The van der Waals surface area contributed by atoms with E-state index in [1.165, 1.54) is 0 Å². The van der Waals surface area contributed by atoms with Crippen LogP contribution in [0.15, 0.2) is 0 Å². The summed E-state index contributed by atoms with van der Waals surface area (Å²) in [5.41, 5.74) is 0. The van der Waals surface area contributed by atoms with E-state index < -0.39 is 24.0 Å². The molecule has 0 saturated heterocycles. The third kappa shape index (κ3) is 5.43. The van der Waals surface area contributed by atoms with Crippen LogP contribution in [0.2, 0.25) is 0 Å². The molecule has 114 valence electrons. The number of hydrogen-bond donors (Lipinski definition) is 4. The molecule has 1 aliphatic carbocycles. The van der Waals surface area contributed by atoms with Crippen LogP contribution in [0.3, 0.4) is 0 Å². The average Bonchev–Trinajstić information content (AvgIpc) is 2.81. The summed E-state index contributed by atoms with van der Waals surface area (Å²) in [6, 6.07) is -1.84. The summed E-state index contributed by atoms with van der Waals surface area (Å²) in [5.74, 6) is -2.35. The number of carboxylic acid groups (broad SMARTS) is 2. The fourth-order valence-corrected chi connectivity index (χ4v) is 2.20. The lowest BCUT2D eigenvalue weighted by Crippen LogP contribution is -2.48. The van der Waals surface area contributed by atoms with Crippen molar-refractivity contribution in [2.45, 2.75) is 50.3 Å². The number of urea groups is 1. The molecule has 0 bridgehead atoms. The number of aliphatic carboxylic acids is 2. The third-order valence-corrected chi connectivity index (χ3v) is 3.30. The van der Waals surface area contributed by atoms with Crippen LogP contribution >= 0.6 is 0 Å². The van der Waals surface area contributed by atoms with Gasteiger partial charge in [0, 0.05) is 19.6 Å². The summed E-state index contributed by atoms with van der Waals surface area (Å²) in [5, 5.41) is 22.4. The molecular weight excluding hydrogens is 268 g/mol. The highest BCUT2D eigenvalue weighted by atomic mass is 16.5. The van der Waals surface area contributed by atoms with Crippen LogP contribution in [-0.2, 0) is 14.3 Å². The predicted octanol–water partition coefficient (Wildman–Crippen LogP) is 0.171. The van der Waals surface area contributed by atoms with Crippen molar-refractivity contribution >= 4 is 18.0 Å². The first-order valence-corrected chi connectivity index (χ1v) is 6.46. The molecule has 0 aromatic rings. The number of amides is 2. The number of methoxy groups -OCH3 is 1. The first kappa shape index (κ1) is 16.2. The molecule has 0 radical (unpaired) electrons. The zero-order chi connectivity index (χ0) is 15.1. The van der Waals surface area contributed by atoms with Gasteiger partial charge in [0.25, 0.3) is 0 Å². The molecule has 20 heavy (non-hydrogen) atoms. The van der Waals surface area contributed by atoms with Crippen molar-refractivity contribution in [1.29, 1.82) is 0 Å². The fourth-order valence-electron chi connectivity index (χ4n) is 2.20. The largest absolute Gasteiger partial charge is 0.481 e. The van der Waals surface area contributed by atoms with Crippen molar-refractivity contribution in [3.63, 3.8) is 0 Å². The molecule has 2 unspecified atom stereocenters. The number of nitrogens with one attached hydrogen (secondary N) is 2. The average molecular weight is 288 g/mol. The molecule has 8 heteroatoms. The minimum absolute atomic E-state index is 0.0473. The Morgan fingerprint density at radius 1 is 1.30 bits per heavy atom. The molecule has 1 aliphatic rings. The maximum atomic E-state index is 11.7. The fraction of sp³-hybridized carbons (Fsp3) is 0.750. The van der Waals surface area contributed by atoms with E-state index in [9.17, 15) is 14.4 Å². The van der Waals surface area contributed by atoms with Crippen LogP contribution < -0.4 is 10.6 Å². The zero-order valence-electron chi connectivity index (χ0n) is 11.3. The van der Waals surface area contributed by atoms with Crippen molar-refractivity contribution in [1.82, 2.24) is 10.6 Å². The highest BCUT2D eigenvalue weighted by Crippen LogP contribution is 2.21. The maximum absolute atomic E-state index is 11.7. The second-order valence-electron chi connectivity index (χ2n) is 4.81. The summed E-state index contributed by atoms with van der Waals surface area (Å²) in [4.78, 5) is 33.0. The normalized spacial score (nSPS) is 23.1. The minimum atomic E-state index is -1.25. The summed E-state index contributed by atoms with van der Waals surface area (Å²) in [6.07, 6.45) is 1.97. The molecule has 3 atom stereocenters. The molecule has 1 saturated carbocycles. The van der Waals surface area contributed by atoms with E-state index in [-0.39, 0.29) is 25.0 Å². The molecular formula is C12H20N2O6. The van der Waals surface area contributed by atoms with E-state index in [0.29, 0.717) is 6.42 Å². The van der Waals surface area contributed by atoms with E-state index in [1.54, 1.807) is 7.11 Å². The van der Waals surface area contributed by atoms with Gasteiger partial charge >= 0.3 is 18.0 Å². The Hall–Kier alpha value is -1.83. The van der Waals surface area contributed by atoms with Gasteiger partial charge in [0.1, 0.15) is 6.04 Å². The number of hydrogen-bond acceptors (Lipinski definition) is 4. The molecule has 0 spiro atoms. The molecule has 0 aromatic heterocycles. The van der Waals surface area contributed by atoms with Crippen molar-refractivity contribution in [3.05, 3.63) is 0 Å². The quantitative estimate of drug-likeness (QED) is 0.529. The van der Waals surface area contributed by atoms with Crippen molar-refractivity contribution in [3.8, 4) is 0 Å².